The fourth-order valence-electron chi connectivity index (χ4n) is 4.27. The highest BCUT2D eigenvalue weighted by molar-refractivity contribution is 5.73. The Kier molecular flexibility index (Phi) is 9.61. The van der Waals surface area contributed by atoms with Crippen molar-refractivity contribution in [3.05, 3.63) is 108 Å². The molecule has 0 saturated carbocycles. The molecule has 1 aliphatic heterocycles. The first kappa shape index (κ1) is 26.0. The van der Waals surface area contributed by atoms with Gasteiger partial charge in [0, 0.05) is 6.92 Å². The highest BCUT2D eigenvalue weighted by Crippen LogP contribution is 2.29. The molecule has 4 rings (SSSR count). The number of aliphatic hydroxyl groups is 1. The minimum Gasteiger partial charge on any atom is -0.394 e. The van der Waals surface area contributed by atoms with Gasteiger partial charge in [-0.15, -0.1) is 0 Å². The quantitative estimate of drug-likeness (QED) is 0.426. The number of benzene rings is 3. The maximum absolute atomic E-state index is 12.2. The molecule has 0 radical (unpaired) electrons. The third-order valence-electron chi connectivity index (χ3n) is 6.02. The number of amides is 1. The van der Waals surface area contributed by atoms with Gasteiger partial charge in [0.05, 0.1) is 26.4 Å². The smallest absolute Gasteiger partial charge is 0.217 e. The molecule has 1 aliphatic rings. The number of rotatable bonds is 11. The molecule has 2 N–H and O–H groups in total. The third-order valence-corrected chi connectivity index (χ3v) is 6.02. The van der Waals surface area contributed by atoms with Gasteiger partial charge in [0.1, 0.15) is 24.4 Å². The first-order valence-corrected chi connectivity index (χ1v) is 12.1. The number of hydrogen-bond acceptors (Lipinski definition) is 6. The summed E-state index contributed by atoms with van der Waals surface area (Å²) in [5.41, 5.74) is 2.93. The van der Waals surface area contributed by atoms with Crippen LogP contribution in [0.4, 0.5) is 0 Å². The summed E-state index contributed by atoms with van der Waals surface area (Å²) in [4.78, 5) is 12.2. The van der Waals surface area contributed by atoms with Gasteiger partial charge in [0.2, 0.25) is 5.91 Å². The van der Waals surface area contributed by atoms with Crippen LogP contribution in [0.25, 0.3) is 0 Å². The van der Waals surface area contributed by atoms with E-state index in [0.717, 1.165) is 16.7 Å². The topological polar surface area (TPSA) is 86.3 Å². The van der Waals surface area contributed by atoms with Crippen molar-refractivity contribution in [2.24, 2.45) is 0 Å². The Morgan fingerprint density at radius 3 is 1.64 bits per heavy atom. The number of hydrogen-bond donors (Lipinski definition) is 2. The highest BCUT2D eigenvalue weighted by atomic mass is 16.7. The first-order chi connectivity index (χ1) is 17.6. The van der Waals surface area contributed by atoms with E-state index in [-0.39, 0.29) is 19.1 Å². The number of aliphatic hydroxyl groups excluding tert-OH is 1. The Balaban J connectivity index is 1.58. The zero-order valence-electron chi connectivity index (χ0n) is 20.4. The molecular weight excluding hydrogens is 458 g/mol. The van der Waals surface area contributed by atoms with Crippen LogP contribution in [0.15, 0.2) is 91.0 Å². The molecule has 1 heterocycles. The van der Waals surface area contributed by atoms with Gasteiger partial charge < -0.3 is 29.4 Å². The molecule has 1 saturated heterocycles. The van der Waals surface area contributed by atoms with Gasteiger partial charge in [-0.05, 0) is 16.7 Å². The zero-order chi connectivity index (χ0) is 25.2. The van der Waals surface area contributed by atoms with Crippen LogP contribution in [0, 0.1) is 0 Å². The Bertz CT molecular complexity index is 1050. The van der Waals surface area contributed by atoms with Crippen molar-refractivity contribution in [1.29, 1.82) is 0 Å². The van der Waals surface area contributed by atoms with E-state index in [1.165, 1.54) is 6.92 Å². The molecule has 36 heavy (non-hydrogen) atoms. The summed E-state index contributed by atoms with van der Waals surface area (Å²) < 4.78 is 25.0. The van der Waals surface area contributed by atoms with E-state index in [1.54, 1.807) is 0 Å². The van der Waals surface area contributed by atoms with Crippen LogP contribution in [0.2, 0.25) is 0 Å². The van der Waals surface area contributed by atoms with Gasteiger partial charge in [-0.25, -0.2) is 0 Å². The van der Waals surface area contributed by atoms with Crippen molar-refractivity contribution in [2.45, 2.75) is 57.4 Å². The molecule has 7 heteroatoms. The summed E-state index contributed by atoms with van der Waals surface area (Å²) in [6, 6.07) is 28.6. The van der Waals surface area contributed by atoms with Gasteiger partial charge in [-0.1, -0.05) is 91.0 Å². The summed E-state index contributed by atoms with van der Waals surface area (Å²) in [6.07, 6.45) is -2.83. The second-order valence-corrected chi connectivity index (χ2v) is 8.77. The fraction of sp³-hybridized carbons (Fsp3) is 0.345. The third kappa shape index (κ3) is 7.22. The van der Waals surface area contributed by atoms with E-state index in [2.05, 4.69) is 5.32 Å². The average molecular weight is 492 g/mol. The normalized spacial score (nSPS) is 23.8. The molecule has 0 aromatic heterocycles. The maximum Gasteiger partial charge on any atom is 0.217 e. The van der Waals surface area contributed by atoms with E-state index in [1.807, 2.05) is 91.0 Å². The van der Waals surface area contributed by atoms with Gasteiger partial charge in [-0.3, -0.25) is 4.79 Å². The second-order valence-electron chi connectivity index (χ2n) is 8.77. The van der Waals surface area contributed by atoms with E-state index in [0.29, 0.717) is 13.2 Å². The van der Waals surface area contributed by atoms with Crippen molar-refractivity contribution >= 4 is 5.91 Å². The molecule has 1 fully saturated rings. The lowest BCUT2D eigenvalue weighted by Crippen LogP contribution is -2.65. The van der Waals surface area contributed by atoms with Crippen LogP contribution in [0.3, 0.4) is 0 Å². The molecule has 5 atom stereocenters. The van der Waals surface area contributed by atoms with Crippen LogP contribution in [-0.2, 0) is 43.6 Å². The summed E-state index contributed by atoms with van der Waals surface area (Å²) in [5.74, 6) is -0.241. The minimum absolute atomic E-state index is 0.241. The zero-order valence-corrected chi connectivity index (χ0v) is 20.4. The van der Waals surface area contributed by atoms with E-state index >= 15 is 0 Å². The molecule has 0 spiro atoms. The van der Waals surface area contributed by atoms with Gasteiger partial charge >= 0.3 is 0 Å². The largest absolute Gasteiger partial charge is 0.394 e. The van der Waals surface area contributed by atoms with E-state index < -0.39 is 30.6 Å². The maximum atomic E-state index is 12.2. The van der Waals surface area contributed by atoms with Crippen molar-refractivity contribution < 1.29 is 28.8 Å². The molecule has 0 aliphatic carbocycles. The van der Waals surface area contributed by atoms with Crippen molar-refractivity contribution in [2.75, 3.05) is 6.61 Å². The molecule has 3 aromatic rings. The van der Waals surface area contributed by atoms with E-state index in [9.17, 15) is 9.90 Å². The minimum atomic E-state index is -0.844. The SMILES string of the molecule is CC(=O)N[C@@H]1C(OCc2ccccc2)O[C@H](CO)[C@@H](OCc2ccccc2)[C@@H]1OCc1ccccc1. The molecular formula is C29H33NO6. The van der Waals surface area contributed by atoms with Crippen molar-refractivity contribution in [1.82, 2.24) is 5.32 Å². The fourth-order valence-corrected chi connectivity index (χ4v) is 4.27. The lowest BCUT2D eigenvalue weighted by Gasteiger charge is -2.45. The Morgan fingerprint density at radius 1 is 0.750 bits per heavy atom. The summed E-state index contributed by atoms with van der Waals surface area (Å²) in [7, 11) is 0. The van der Waals surface area contributed by atoms with Crippen LogP contribution >= 0.6 is 0 Å². The number of nitrogens with one attached hydrogen (secondary N) is 1. The average Bonchev–Trinajstić information content (AvgIpc) is 2.92. The predicted octanol–water partition coefficient (Wildman–Crippen LogP) is 3.60. The lowest BCUT2D eigenvalue weighted by molar-refractivity contribution is -0.290. The molecule has 1 amide bonds. The van der Waals surface area contributed by atoms with Crippen molar-refractivity contribution in [3.63, 3.8) is 0 Å². The second kappa shape index (κ2) is 13.3. The Hall–Kier alpha value is -3.07. The summed E-state index contributed by atoms with van der Waals surface area (Å²) >= 11 is 0. The van der Waals surface area contributed by atoms with E-state index in [4.69, 9.17) is 18.9 Å². The standard InChI is InChI=1S/C29H33NO6/c1-21(32)30-26-28(34-19-23-13-7-3-8-14-23)27(33-18-22-11-5-2-6-12-22)25(17-31)36-29(26)35-20-24-15-9-4-10-16-24/h2-16,25-29,31H,17-20H2,1H3,(H,30,32)/t25-,26+,27-,28-,29?/m1/s1. The highest BCUT2D eigenvalue weighted by Gasteiger charge is 2.48. The summed E-state index contributed by atoms with van der Waals surface area (Å²) in [6.45, 7) is 2.04. The molecule has 7 nitrogen and oxygen atoms in total. The van der Waals surface area contributed by atoms with Crippen molar-refractivity contribution in [3.8, 4) is 0 Å². The van der Waals surface area contributed by atoms with Crippen LogP contribution in [0.1, 0.15) is 23.6 Å². The number of carbonyl (C=O) groups is 1. The van der Waals surface area contributed by atoms with Gasteiger partial charge in [0.25, 0.3) is 0 Å². The lowest BCUT2D eigenvalue weighted by atomic mass is 9.96. The van der Waals surface area contributed by atoms with Gasteiger partial charge in [-0.2, -0.15) is 0 Å². The Morgan fingerprint density at radius 2 is 1.19 bits per heavy atom. The molecule has 1 unspecified atom stereocenters. The number of ether oxygens (including phenoxy) is 4. The Labute approximate surface area is 212 Å². The predicted molar refractivity (Wildman–Crippen MR) is 135 cm³/mol. The van der Waals surface area contributed by atoms with Crippen LogP contribution < -0.4 is 5.32 Å². The first-order valence-electron chi connectivity index (χ1n) is 12.1. The molecule has 0 bridgehead atoms. The number of carbonyl (C=O) groups excluding carboxylic acids is 1. The van der Waals surface area contributed by atoms with Crippen LogP contribution in [0.5, 0.6) is 0 Å². The molecule has 190 valence electrons. The van der Waals surface area contributed by atoms with Crippen LogP contribution in [-0.4, -0.2) is 48.3 Å². The monoisotopic (exact) mass is 491 g/mol. The summed E-state index contributed by atoms with van der Waals surface area (Å²) in [5, 5.41) is 13.2. The van der Waals surface area contributed by atoms with Gasteiger partial charge in [0.15, 0.2) is 6.29 Å². The molecule has 3 aromatic carbocycles.